The SMILES string of the molecule is N#CC(C#N)=C/C=C/c1ccc(-c2ccc(-c3ccc(C=C(C#N)C#N)o3)n2-c2ccccc2F)o1. The van der Waals surface area contributed by atoms with E-state index in [9.17, 15) is 4.39 Å². The van der Waals surface area contributed by atoms with Crippen LogP contribution in [0.5, 0.6) is 0 Å². The van der Waals surface area contributed by atoms with E-state index in [1.165, 1.54) is 24.3 Å². The number of hydrogen-bond donors (Lipinski definition) is 0. The number of nitriles is 4. The van der Waals surface area contributed by atoms with Gasteiger partial charge in [0.2, 0.25) is 0 Å². The van der Waals surface area contributed by atoms with Gasteiger partial charge in [0.15, 0.2) is 11.5 Å². The van der Waals surface area contributed by atoms with Gasteiger partial charge in [-0.2, -0.15) is 21.0 Å². The fourth-order valence-electron chi connectivity index (χ4n) is 3.43. The third kappa shape index (κ3) is 4.75. The van der Waals surface area contributed by atoms with Gasteiger partial charge in [-0.15, -0.1) is 0 Å². The molecule has 0 N–H and O–H groups in total. The zero-order valence-corrected chi connectivity index (χ0v) is 18.5. The zero-order valence-electron chi connectivity index (χ0n) is 18.5. The number of halogens is 1. The van der Waals surface area contributed by atoms with Gasteiger partial charge in [-0.1, -0.05) is 18.2 Å². The molecule has 0 atom stereocenters. The van der Waals surface area contributed by atoms with E-state index in [1.807, 2.05) is 0 Å². The molecule has 0 radical (unpaired) electrons. The minimum absolute atomic E-state index is 0.0413. The molecular weight excluding hydrogens is 457 g/mol. The summed E-state index contributed by atoms with van der Waals surface area (Å²) in [6.07, 6.45) is 5.82. The first kappa shape index (κ1) is 23.3. The van der Waals surface area contributed by atoms with Crippen LogP contribution in [0.2, 0.25) is 0 Å². The Kier molecular flexibility index (Phi) is 6.74. The van der Waals surface area contributed by atoms with Crippen molar-refractivity contribution in [1.29, 1.82) is 21.0 Å². The van der Waals surface area contributed by atoms with Crippen LogP contribution < -0.4 is 0 Å². The molecule has 4 rings (SSSR count). The Morgan fingerprint density at radius 2 is 1.31 bits per heavy atom. The zero-order chi connectivity index (χ0) is 25.5. The lowest BCUT2D eigenvalue weighted by atomic mass is 10.2. The smallest absolute Gasteiger partial charge is 0.151 e. The molecule has 1 aromatic carbocycles. The van der Waals surface area contributed by atoms with Crippen molar-refractivity contribution in [2.45, 2.75) is 0 Å². The van der Waals surface area contributed by atoms with Crippen molar-refractivity contribution in [1.82, 2.24) is 4.57 Å². The number of furan rings is 2. The fourth-order valence-corrected chi connectivity index (χ4v) is 3.43. The molecule has 0 unspecified atom stereocenters. The Hall–Kier alpha value is -5.83. The molecule has 36 heavy (non-hydrogen) atoms. The minimum Gasteiger partial charge on any atom is -0.455 e. The lowest BCUT2D eigenvalue weighted by Gasteiger charge is -2.12. The van der Waals surface area contributed by atoms with Crippen LogP contribution in [-0.2, 0) is 0 Å². The van der Waals surface area contributed by atoms with Crippen LogP contribution in [0.4, 0.5) is 4.39 Å². The van der Waals surface area contributed by atoms with E-state index in [0.717, 1.165) is 0 Å². The maximum absolute atomic E-state index is 14.9. The number of para-hydroxylation sites is 1. The summed E-state index contributed by atoms with van der Waals surface area (Å²) in [6, 6.07) is 23.6. The number of rotatable bonds is 6. The summed E-state index contributed by atoms with van der Waals surface area (Å²) >= 11 is 0. The molecule has 7 nitrogen and oxygen atoms in total. The third-order valence-corrected chi connectivity index (χ3v) is 5.02. The summed E-state index contributed by atoms with van der Waals surface area (Å²) in [5.74, 6) is 1.14. The Morgan fingerprint density at radius 1 is 0.722 bits per heavy atom. The van der Waals surface area contributed by atoms with Crippen molar-refractivity contribution in [3.8, 4) is 52.9 Å². The second kappa shape index (κ2) is 10.4. The van der Waals surface area contributed by atoms with Gasteiger partial charge in [0.1, 0.15) is 52.8 Å². The average Bonchev–Trinajstić information content (AvgIpc) is 3.65. The van der Waals surface area contributed by atoms with Crippen LogP contribution in [0.3, 0.4) is 0 Å². The summed E-state index contributed by atoms with van der Waals surface area (Å²) in [4.78, 5) is 0. The van der Waals surface area contributed by atoms with Crippen LogP contribution >= 0.6 is 0 Å². The predicted octanol–water partition coefficient (Wildman–Crippen LogP) is 6.55. The van der Waals surface area contributed by atoms with Gasteiger partial charge >= 0.3 is 0 Å². The van der Waals surface area contributed by atoms with E-state index in [2.05, 4.69) is 0 Å². The maximum atomic E-state index is 14.9. The Labute approximate surface area is 205 Å². The average molecular weight is 471 g/mol. The van der Waals surface area contributed by atoms with Gasteiger partial charge in [0.25, 0.3) is 0 Å². The van der Waals surface area contributed by atoms with E-state index in [4.69, 9.17) is 29.9 Å². The summed E-state index contributed by atoms with van der Waals surface area (Å²) in [5.41, 5.74) is 1.18. The molecule has 3 aromatic heterocycles. The van der Waals surface area contributed by atoms with Gasteiger partial charge < -0.3 is 13.4 Å². The van der Waals surface area contributed by atoms with E-state index in [-0.39, 0.29) is 16.8 Å². The lowest BCUT2D eigenvalue weighted by molar-refractivity contribution is 0.561. The van der Waals surface area contributed by atoms with Crippen molar-refractivity contribution in [2.75, 3.05) is 0 Å². The Morgan fingerprint density at radius 3 is 1.92 bits per heavy atom. The van der Waals surface area contributed by atoms with E-state index in [0.29, 0.717) is 34.4 Å². The topological polar surface area (TPSA) is 126 Å². The highest BCUT2D eigenvalue weighted by Crippen LogP contribution is 2.35. The highest BCUT2D eigenvalue weighted by molar-refractivity contribution is 5.70. The minimum atomic E-state index is -0.462. The van der Waals surface area contributed by atoms with Gasteiger partial charge in [-0.05, 0) is 60.7 Å². The van der Waals surface area contributed by atoms with Crippen molar-refractivity contribution >= 4 is 12.2 Å². The molecule has 3 heterocycles. The first-order chi connectivity index (χ1) is 17.6. The third-order valence-electron chi connectivity index (χ3n) is 5.02. The molecule has 0 aliphatic heterocycles. The lowest BCUT2D eigenvalue weighted by Crippen LogP contribution is -2.01. The first-order valence-corrected chi connectivity index (χ1v) is 10.5. The van der Waals surface area contributed by atoms with Crippen LogP contribution in [0, 0.1) is 51.1 Å². The molecule has 8 heteroatoms. The monoisotopic (exact) mass is 471 g/mol. The van der Waals surface area contributed by atoms with Gasteiger partial charge in [-0.25, -0.2) is 4.39 Å². The fraction of sp³-hybridized carbons (Fsp3) is 0. The number of allylic oxidation sites excluding steroid dienone is 4. The second-order valence-electron chi connectivity index (χ2n) is 7.24. The molecule has 0 aliphatic rings. The van der Waals surface area contributed by atoms with Crippen LogP contribution in [0.25, 0.3) is 40.7 Å². The highest BCUT2D eigenvalue weighted by Gasteiger charge is 2.20. The highest BCUT2D eigenvalue weighted by atomic mass is 19.1. The van der Waals surface area contributed by atoms with Crippen molar-refractivity contribution in [3.05, 3.63) is 101 Å². The quantitative estimate of drug-likeness (QED) is 0.232. The first-order valence-electron chi connectivity index (χ1n) is 10.5. The van der Waals surface area contributed by atoms with Crippen molar-refractivity contribution in [3.63, 3.8) is 0 Å². The van der Waals surface area contributed by atoms with Gasteiger partial charge in [0.05, 0.1) is 17.1 Å². The largest absolute Gasteiger partial charge is 0.455 e. The Bertz CT molecular complexity index is 1670. The summed E-state index contributed by atoms with van der Waals surface area (Å²) < 4.78 is 28.3. The maximum Gasteiger partial charge on any atom is 0.151 e. The second-order valence-corrected chi connectivity index (χ2v) is 7.24. The van der Waals surface area contributed by atoms with Crippen LogP contribution in [0.15, 0.2) is 92.8 Å². The molecule has 0 saturated heterocycles. The number of benzene rings is 1. The molecule has 4 aromatic rings. The van der Waals surface area contributed by atoms with Crippen molar-refractivity contribution in [2.24, 2.45) is 0 Å². The summed E-state index contributed by atoms with van der Waals surface area (Å²) in [6.45, 7) is 0. The van der Waals surface area contributed by atoms with Gasteiger partial charge in [0, 0.05) is 6.08 Å². The van der Waals surface area contributed by atoms with E-state index in [1.54, 1.807) is 89.5 Å². The molecule has 0 saturated carbocycles. The normalized spacial score (nSPS) is 10.1. The summed E-state index contributed by atoms with van der Waals surface area (Å²) in [7, 11) is 0. The predicted molar refractivity (Wildman–Crippen MR) is 129 cm³/mol. The van der Waals surface area contributed by atoms with Crippen LogP contribution in [-0.4, -0.2) is 4.57 Å². The molecular formula is C28H14FN5O2. The van der Waals surface area contributed by atoms with Crippen molar-refractivity contribution < 1.29 is 13.2 Å². The van der Waals surface area contributed by atoms with Gasteiger partial charge in [-0.3, -0.25) is 0 Å². The van der Waals surface area contributed by atoms with E-state index < -0.39 is 5.82 Å². The summed E-state index contributed by atoms with van der Waals surface area (Å²) in [5, 5.41) is 35.7. The molecule has 0 amide bonds. The molecule has 0 bridgehead atoms. The number of nitrogens with zero attached hydrogens (tertiary/aromatic N) is 5. The van der Waals surface area contributed by atoms with E-state index >= 15 is 0 Å². The Balaban J connectivity index is 1.80. The molecule has 0 spiro atoms. The molecule has 0 aliphatic carbocycles. The molecule has 0 fully saturated rings. The number of hydrogen-bond acceptors (Lipinski definition) is 6. The number of aromatic nitrogens is 1. The molecule has 170 valence electrons. The standard InChI is InChI=1S/C28H14FN5O2/c29-23-6-1-2-7-24(23)34-25(27-12-8-21(35-27)5-3-4-19(15-30)16-31)10-11-26(34)28-13-9-22(36-28)14-20(17-32)18-33/h1-14H/b5-3+. The van der Waals surface area contributed by atoms with Crippen LogP contribution in [0.1, 0.15) is 11.5 Å².